The van der Waals surface area contributed by atoms with Crippen molar-refractivity contribution >= 4 is 28.5 Å². The van der Waals surface area contributed by atoms with E-state index in [9.17, 15) is 4.79 Å². The maximum Gasteiger partial charge on any atom is 0.222 e. The third-order valence-electron chi connectivity index (χ3n) is 7.39. The molecule has 0 N–H and O–H groups in total. The maximum absolute atomic E-state index is 13.1. The molecule has 1 aliphatic rings. The monoisotopic (exact) mass is 627 g/mol. The number of alkyl halides is 1. The SMILES string of the molecule is COc1ccc(C(OC[C@@H]2CCCN2C(=O)CCCCCI)(c2ccccc2)c2ccc(OC)cc2)cc1. The van der Waals surface area contributed by atoms with Crippen molar-refractivity contribution in [2.45, 2.75) is 50.2 Å². The first-order valence-corrected chi connectivity index (χ1v) is 15.0. The van der Waals surface area contributed by atoms with Crippen LogP contribution in [0.4, 0.5) is 0 Å². The molecule has 0 aliphatic carbocycles. The lowest BCUT2D eigenvalue weighted by atomic mass is 9.80. The maximum atomic E-state index is 13.1. The van der Waals surface area contributed by atoms with Crippen molar-refractivity contribution in [3.8, 4) is 11.5 Å². The minimum Gasteiger partial charge on any atom is -0.497 e. The van der Waals surface area contributed by atoms with Crippen LogP contribution in [-0.4, -0.2) is 48.6 Å². The number of ether oxygens (including phenoxy) is 3. The van der Waals surface area contributed by atoms with Gasteiger partial charge in [-0.25, -0.2) is 0 Å². The molecule has 3 aromatic rings. The van der Waals surface area contributed by atoms with Crippen LogP contribution in [0, 0.1) is 0 Å². The Balaban J connectivity index is 1.69. The highest BCUT2D eigenvalue weighted by Gasteiger charge is 2.40. The zero-order valence-corrected chi connectivity index (χ0v) is 24.6. The first-order chi connectivity index (χ1) is 18.6. The summed E-state index contributed by atoms with van der Waals surface area (Å²) in [6.07, 6.45) is 5.82. The Hall–Kier alpha value is -2.58. The third-order valence-corrected chi connectivity index (χ3v) is 8.15. The van der Waals surface area contributed by atoms with E-state index in [0.29, 0.717) is 13.0 Å². The summed E-state index contributed by atoms with van der Waals surface area (Å²) >= 11 is 2.40. The number of likely N-dealkylation sites (tertiary alicyclic amines) is 1. The third kappa shape index (κ3) is 6.52. The molecule has 1 amide bonds. The van der Waals surface area contributed by atoms with E-state index in [1.54, 1.807) is 14.2 Å². The molecular formula is C32H38INO4. The molecule has 1 aliphatic heterocycles. The van der Waals surface area contributed by atoms with Gasteiger partial charge >= 0.3 is 0 Å². The van der Waals surface area contributed by atoms with Gasteiger partial charge in [-0.1, -0.05) is 83.6 Å². The van der Waals surface area contributed by atoms with Gasteiger partial charge in [0.05, 0.1) is 26.9 Å². The number of hydrogen-bond donors (Lipinski definition) is 0. The normalized spacial score (nSPS) is 15.4. The Morgan fingerprint density at radius 2 is 1.42 bits per heavy atom. The molecule has 0 spiro atoms. The fourth-order valence-electron chi connectivity index (χ4n) is 5.32. The van der Waals surface area contributed by atoms with Gasteiger partial charge in [0.15, 0.2) is 0 Å². The van der Waals surface area contributed by atoms with Crippen LogP contribution in [0.3, 0.4) is 0 Å². The van der Waals surface area contributed by atoms with Crippen molar-refractivity contribution in [2.75, 3.05) is 31.8 Å². The lowest BCUT2D eigenvalue weighted by Gasteiger charge is -2.38. The number of unbranched alkanes of at least 4 members (excludes halogenated alkanes) is 2. The van der Waals surface area contributed by atoms with Crippen LogP contribution in [0.1, 0.15) is 55.2 Å². The smallest absolute Gasteiger partial charge is 0.222 e. The number of nitrogens with zero attached hydrogens (tertiary/aromatic N) is 1. The van der Waals surface area contributed by atoms with Crippen LogP contribution in [0.25, 0.3) is 0 Å². The van der Waals surface area contributed by atoms with Crippen LogP contribution in [0.5, 0.6) is 11.5 Å². The molecule has 0 bridgehead atoms. The Labute approximate surface area is 240 Å². The first-order valence-electron chi connectivity index (χ1n) is 13.5. The van der Waals surface area contributed by atoms with Gasteiger partial charge in [0.25, 0.3) is 0 Å². The molecule has 4 rings (SSSR count). The second kappa shape index (κ2) is 14.0. The van der Waals surface area contributed by atoms with Crippen molar-refractivity contribution in [3.63, 3.8) is 0 Å². The Morgan fingerprint density at radius 3 is 1.97 bits per heavy atom. The highest BCUT2D eigenvalue weighted by atomic mass is 127. The average Bonchev–Trinajstić information content (AvgIpc) is 3.46. The number of carbonyl (C=O) groups excluding carboxylic acids is 1. The highest BCUT2D eigenvalue weighted by molar-refractivity contribution is 14.1. The quantitative estimate of drug-likeness (QED) is 0.0887. The number of benzene rings is 3. The summed E-state index contributed by atoms with van der Waals surface area (Å²) in [5.74, 6) is 1.84. The molecular weight excluding hydrogens is 589 g/mol. The molecule has 0 saturated carbocycles. The zero-order chi connectivity index (χ0) is 26.8. The number of carbonyl (C=O) groups is 1. The van der Waals surface area contributed by atoms with E-state index in [2.05, 4.69) is 63.9 Å². The Bertz CT molecular complexity index is 1090. The fourth-order valence-corrected chi connectivity index (χ4v) is 5.86. The fraction of sp³-hybridized carbons (Fsp3) is 0.406. The molecule has 6 heteroatoms. The van der Waals surface area contributed by atoms with Crippen molar-refractivity contribution in [2.24, 2.45) is 0 Å². The van der Waals surface area contributed by atoms with E-state index in [-0.39, 0.29) is 11.9 Å². The van der Waals surface area contributed by atoms with Gasteiger partial charge in [-0.3, -0.25) is 4.79 Å². The molecule has 38 heavy (non-hydrogen) atoms. The van der Waals surface area contributed by atoms with Crippen molar-refractivity contribution in [3.05, 3.63) is 95.6 Å². The zero-order valence-electron chi connectivity index (χ0n) is 22.4. The number of methoxy groups -OCH3 is 2. The topological polar surface area (TPSA) is 48.0 Å². The molecule has 1 fully saturated rings. The van der Waals surface area contributed by atoms with Gasteiger partial charge in [-0.2, -0.15) is 0 Å². The van der Waals surface area contributed by atoms with Gasteiger partial charge < -0.3 is 19.1 Å². The largest absolute Gasteiger partial charge is 0.497 e. The molecule has 1 heterocycles. The van der Waals surface area contributed by atoms with Gasteiger partial charge in [0, 0.05) is 13.0 Å². The van der Waals surface area contributed by atoms with Crippen LogP contribution in [0.15, 0.2) is 78.9 Å². The second-order valence-electron chi connectivity index (χ2n) is 9.70. The summed E-state index contributed by atoms with van der Waals surface area (Å²) in [4.78, 5) is 15.2. The van der Waals surface area contributed by atoms with E-state index < -0.39 is 5.60 Å². The van der Waals surface area contributed by atoms with Gasteiger partial charge in [0.2, 0.25) is 5.91 Å². The highest BCUT2D eigenvalue weighted by Crippen LogP contribution is 2.42. The Morgan fingerprint density at radius 1 is 0.842 bits per heavy atom. The number of amides is 1. The second-order valence-corrected chi connectivity index (χ2v) is 10.8. The summed E-state index contributed by atoms with van der Waals surface area (Å²) in [7, 11) is 3.35. The van der Waals surface area contributed by atoms with Crippen LogP contribution in [0.2, 0.25) is 0 Å². The van der Waals surface area contributed by atoms with Crippen LogP contribution in [-0.2, 0) is 15.1 Å². The van der Waals surface area contributed by atoms with E-state index in [1.807, 2.05) is 42.5 Å². The molecule has 0 aromatic heterocycles. The number of rotatable bonds is 13. The predicted octanol–water partition coefficient (Wildman–Crippen LogP) is 7.00. The molecule has 1 atom stereocenters. The minimum absolute atomic E-state index is 0.0617. The minimum atomic E-state index is -0.864. The van der Waals surface area contributed by atoms with Crippen molar-refractivity contribution < 1.29 is 19.0 Å². The van der Waals surface area contributed by atoms with Crippen molar-refractivity contribution in [1.82, 2.24) is 4.90 Å². The van der Waals surface area contributed by atoms with E-state index in [0.717, 1.165) is 64.8 Å². The van der Waals surface area contributed by atoms with E-state index >= 15 is 0 Å². The molecule has 202 valence electrons. The lowest BCUT2D eigenvalue weighted by Crippen LogP contribution is -2.42. The van der Waals surface area contributed by atoms with Gasteiger partial charge in [-0.15, -0.1) is 0 Å². The average molecular weight is 628 g/mol. The predicted molar refractivity (Wildman–Crippen MR) is 160 cm³/mol. The van der Waals surface area contributed by atoms with Crippen LogP contribution >= 0.6 is 22.6 Å². The van der Waals surface area contributed by atoms with Crippen LogP contribution < -0.4 is 9.47 Å². The number of halogens is 1. The Kier molecular flexibility index (Phi) is 10.5. The summed E-state index contributed by atoms with van der Waals surface area (Å²) in [6.45, 7) is 1.26. The first kappa shape index (κ1) is 28.4. The summed E-state index contributed by atoms with van der Waals surface area (Å²) in [5.41, 5.74) is 2.18. The summed E-state index contributed by atoms with van der Waals surface area (Å²) < 4.78 is 19.1. The molecule has 0 unspecified atom stereocenters. The lowest BCUT2D eigenvalue weighted by molar-refractivity contribution is -0.134. The van der Waals surface area contributed by atoms with Gasteiger partial charge in [-0.05, 0) is 71.1 Å². The van der Waals surface area contributed by atoms with E-state index in [1.165, 1.54) is 6.42 Å². The van der Waals surface area contributed by atoms with Gasteiger partial charge in [0.1, 0.15) is 17.1 Å². The molecule has 0 radical (unpaired) electrons. The standard InChI is InChI=1S/C32H38INO4/c1-36-29-18-14-26(15-19-29)32(25-10-5-3-6-11-25,27-16-20-30(37-2)21-17-27)38-24-28-12-9-23-34(28)31(35)13-7-4-8-22-33/h3,5-6,10-11,14-21,28H,4,7-9,12-13,22-24H2,1-2H3/t28-/m0/s1. The molecule has 1 saturated heterocycles. The molecule has 5 nitrogen and oxygen atoms in total. The molecule has 3 aromatic carbocycles. The number of hydrogen-bond acceptors (Lipinski definition) is 4. The van der Waals surface area contributed by atoms with Crippen molar-refractivity contribution in [1.29, 1.82) is 0 Å². The summed E-state index contributed by atoms with van der Waals surface area (Å²) in [5, 5.41) is 0. The summed E-state index contributed by atoms with van der Waals surface area (Å²) in [6, 6.07) is 26.6. The van der Waals surface area contributed by atoms with E-state index in [4.69, 9.17) is 14.2 Å².